The molecule has 0 aliphatic rings. The average molecular weight is 687 g/mol. The van der Waals surface area contributed by atoms with E-state index in [0.717, 1.165) is 66.8 Å². The van der Waals surface area contributed by atoms with Crippen molar-refractivity contribution in [2.75, 3.05) is 0 Å². The van der Waals surface area contributed by atoms with E-state index in [2.05, 4.69) is 172 Å². The third-order valence-corrected chi connectivity index (χ3v) is 10.5. The summed E-state index contributed by atoms with van der Waals surface area (Å²) in [5.41, 5.74) is 13.5. The fourth-order valence-corrected chi connectivity index (χ4v) is 8.24. The number of benzene rings is 8. The summed E-state index contributed by atoms with van der Waals surface area (Å²) in [6.45, 7) is 8.08. The SMILES string of the molecule is [C-]#[N+]c1ccc(C#N)cc1-c1cc(-c2ccccc2)c(-n2c3ccccc3c3ccc4c(c5ccccc5n4-c4ccccc4)c32)c(-c2ccccc2)c1. The van der Waals surface area contributed by atoms with Crippen LogP contribution in [0.5, 0.6) is 0 Å². The Balaban J connectivity index is 1.44. The fourth-order valence-electron chi connectivity index (χ4n) is 8.24. The molecule has 10 rings (SSSR count). The van der Waals surface area contributed by atoms with Gasteiger partial charge in [-0.1, -0.05) is 133 Å². The summed E-state index contributed by atoms with van der Waals surface area (Å²) in [6.07, 6.45) is 0. The van der Waals surface area contributed by atoms with Gasteiger partial charge >= 0.3 is 0 Å². The van der Waals surface area contributed by atoms with Gasteiger partial charge < -0.3 is 9.13 Å². The largest absolute Gasteiger partial charge is 0.309 e. The lowest BCUT2D eigenvalue weighted by Crippen LogP contribution is -2.02. The van der Waals surface area contributed by atoms with Crippen molar-refractivity contribution in [3.05, 3.63) is 199 Å². The second-order valence-electron chi connectivity index (χ2n) is 13.5. The smallest absolute Gasteiger partial charge is 0.194 e. The van der Waals surface area contributed by atoms with Gasteiger partial charge in [0.25, 0.3) is 0 Å². The molecule has 0 spiro atoms. The Labute approximate surface area is 312 Å². The van der Waals surface area contributed by atoms with Gasteiger partial charge in [-0.15, -0.1) is 0 Å². The normalized spacial score (nSPS) is 11.3. The van der Waals surface area contributed by atoms with Gasteiger partial charge in [0.1, 0.15) is 0 Å². The van der Waals surface area contributed by atoms with E-state index in [4.69, 9.17) is 6.57 Å². The van der Waals surface area contributed by atoms with E-state index in [1.165, 1.54) is 21.5 Å². The number of hydrogen-bond acceptors (Lipinski definition) is 1. The van der Waals surface area contributed by atoms with E-state index in [0.29, 0.717) is 11.3 Å². The molecule has 0 saturated heterocycles. The standard InChI is InChI=1S/C50H30N4/c1-52-44-27-25-33(32-51)29-41(44)36-30-42(34-15-5-2-6-16-34)49(43(31-36)35-17-7-3-8-18-35)54-45-23-13-11-21-38(45)39-26-28-47-48(50(39)54)40-22-12-14-24-46(40)53(47)37-19-9-4-10-20-37/h2-31H. The average Bonchev–Trinajstić information content (AvgIpc) is 3.76. The molecule has 2 heterocycles. The summed E-state index contributed by atoms with van der Waals surface area (Å²) in [5.74, 6) is 0. The van der Waals surface area contributed by atoms with Crippen LogP contribution in [0, 0.1) is 17.9 Å². The molecule has 10 aromatic rings. The van der Waals surface area contributed by atoms with Crippen LogP contribution in [0.25, 0.3) is 93.2 Å². The first-order valence-corrected chi connectivity index (χ1v) is 18.0. The molecule has 0 radical (unpaired) electrons. The van der Waals surface area contributed by atoms with E-state index in [1.54, 1.807) is 12.1 Å². The van der Waals surface area contributed by atoms with Crippen LogP contribution in [0.4, 0.5) is 5.69 Å². The lowest BCUT2D eigenvalue weighted by Gasteiger charge is -2.22. The van der Waals surface area contributed by atoms with E-state index < -0.39 is 0 Å². The Morgan fingerprint density at radius 2 is 1.04 bits per heavy atom. The van der Waals surface area contributed by atoms with Crippen LogP contribution in [0.1, 0.15) is 5.56 Å². The van der Waals surface area contributed by atoms with Gasteiger partial charge in [0.05, 0.1) is 46.0 Å². The minimum atomic E-state index is 0.507. The highest BCUT2D eigenvalue weighted by Gasteiger charge is 2.25. The first-order chi connectivity index (χ1) is 26.7. The van der Waals surface area contributed by atoms with Crippen molar-refractivity contribution in [1.29, 1.82) is 5.26 Å². The molecule has 0 atom stereocenters. The third-order valence-electron chi connectivity index (χ3n) is 10.5. The van der Waals surface area contributed by atoms with Crippen LogP contribution in [-0.2, 0) is 0 Å². The van der Waals surface area contributed by atoms with Gasteiger partial charge in [-0.05, 0) is 70.8 Å². The lowest BCUT2D eigenvalue weighted by atomic mass is 9.89. The van der Waals surface area contributed by atoms with E-state index in [9.17, 15) is 5.26 Å². The Morgan fingerprint density at radius 1 is 0.463 bits per heavy atom. The number of para-hydroxylation sites is 3. The van der Waals surface area contributed by atoms with Crippen LogP contribution >= 0.6 is 0 Å². The molecule has 0 aliphatic carbocycles. The maximum Gasteiger partial charge on any atom is 0.194 e. The quantitative estimate of drug-likeness (QED) is 0.166. The fraction of sp³-hybridized carbons (Fsp3) is 0. The molecule has 0 saturated carbocycles. The summed E-state index contributed by atoms with van der Waals surface area (Å²) in [5, 5.41) is 14.6. The number of nitrogens with zero attached hydrogens (tertiary/aromatic N) is 4. The molecule has 0 aliphatic heterocycles. The molecule has 250 valence electrons. The minimum Gasteiger partial charge on any atom is -0.309 e. The van der Waals surface area contributed by atoms with Gasteiger partial charge in [0.2, 0.25) is 0 Å². The zero-order valence-electron chi connectivity index (χ0n) is 29.1. The predicted octanol–water partition coefficient (Wildman–Crippen LogP) is 13.3. The van der Waals surface area contributed by atoms with Crippen molar-refractivity contribution in [3.63, 3.8) is 0 Å². The Kier molecular flexibility index (Phi) is 7.22. The second-order valence-corrected chi connectivity index (χ2v) is 13.5. The molecule has 2 aromatic heterocycles. The first kappa shape index (κ1) is 31.1. The summed E-state index contributed by atoms with van der Waals surface area (Å²) in [4.78, 5) is 3.90. The Hall–Kier alpha value is -7.66. The zero-order valence-corrected chi connectivity index (χ0v) is 29.1. The van der Waals surface area contributed by atoms with Gasteiger partial charge in [-0.25, -0.2) is 4.85 Å². The van der Waals surface area contributed by atoms with Crippen LogP contribution in [0.15, 0.2) is 182 Å². The summed E-state index contributed by atoms with van der Waals surface area (Å²) < 4.78 is 4.85. The molecule has 0 amide bonds. The van der Waals surface area contributed by atoms with Crippen molar-refractivity contribution in [2.45, 2.75) is 0 Å². The highest BCUT2D eigenvalue weighted by Crippen LogP contribution is 2.47. The number of rotatable bonds is 5. The topological polar surface area (TPSA) is 38.0 Å². The minimum absolute atomic E-state index is 0.507. The van der Waals surface area contributed by atoms with Crippen LogP contribution in [0.3, 0.4) is 0 Å². The molecule has 4 heteroatoms. The number of nitriles is 1. The lowest BCUT2D eigenvalue weighted by molar-refractivity contribution is 1.17. The summed E-state index contributed by atoms with van der Waals surface area (Å²) >= 11 is 0. The van der Waals surface area contributed by atoms with Crippen molar-refractivity contribution < 1.29 is 0 Å². The monoisotopic (exact) mass is 686 g/mol. The number of hydrogen-bond donors (Lipinski definition) is 0. The van der Waals surface area contributed by atoms with Gasteiger partial charge in [-0.3, -0.25) is 0 Å². The molecule has 8 aromatic carbocycles. The third kappa shape index (κ3) is 4.76. The molecule has 4 nitrogen and oxygen atoms in total. The number of fused-ring (bicyclic) bond motifs is 7. The summed E-state index contributed by atoms with van der Waals surface area (Å²) in [7, 11) is 0. The Morgan fingerprint density at radius 3 is 1.67 bits per heavy atom. The van der Waals surface area contributed by atoms with E-state index in [-0.39, 0.29) is 0 Å². The van der Waals surface area contributed by atoms with Gasteiger partial charge in [-0.2, -0.15) is 5.26 Å². The van der Waals surface area contributed by atoms with E-state index >= 15 is 0 Å². The van der Waals surface area contributed by atoms with Gasteiger partial charge in [0.15, 0.2) is 5.69 Å². The van der Waals surface area contributed by atoms with Crippen LogP contribution in [0.2, 0.25) is 0 Å². The van der Waals surface area contributed by atoms with Crippen LogP contribution in [-0.4, -0.2) is 9.13 Å². The van der Waals surface area contributed by atoms with Crippen molar-refractivity contribution >= 4 is 49.3 Å². The maximum absolute atomic E-state index is 9.91. The van der Waals surface area contributed by atoms with Crippen molar-refractivity contribution in [2.24, 2.45) is 0 Å². The van der Waals surface area contributed by atoms with E-state index in [1.807, 2.05) is 18.2 Å². The van der Waals surface area contributed by atoms with Crippen molar-refractivity contribution in [3.8, 4) is 50.8 Å². The molecule has 0 N–H and O–H groups in total. The molecular weight excluding hydrogens is 657 g/mol. The molecule has 54 heavy (non-hydrogen) atoms. The predicted molar refractivity (Wildman–Crippen MR) is 222 cm³/mol. The highest BCUT2D eigenvalue weighted by atomic mass is 15.0. The molecular formula is C50H30N4. The second kappa shape index (κ2) is 12.5. The Bertz CT molecular complexity index is 3100. The highest BCUT2D eigenvalue weighted by molar-refractivity contribution is 6.26. The zero-order chi connectivity index (χ0) is 36.2. The van der Waals surface area contributed by atoms with Gasteiger partial charge in [0, 0.05) is 38.4 Å². The molecule has 0 bridgehead atoms. The van der Waals surface area contributed by atoms with Crippen LogP contribution < -0.4 is 0 Å². The molecule has 0 fully saturated rings. The first-order valence-electron chi connectivity index (χ1n) is 18.0. The maximum atomic E-state index is 9.91. The summed E-state index contributed by atoms with van der Waals surface area (Å²) in [6, 6.07) is 65.6. The molecule has 0 unspecified atom stereocenters. The number of aromatic nitrogens is 2. The van der Waals surface area contributed by atoms with Crippen molar-refractivity contribution in [1.82, 2.24) is 9.13 Å².